The Labute approximate surface area is 90.9 Å². The van der Waals surface area contributed by atoms with E-state index >= 15 is 0 Å². The zero-order chi connectivity index (χ0) is 11.0. The summed E-state index contributed by atoms with van der Waals surface area (Å²) < 4.78 is 0. The summed E-state index contributed by atoms with van der Waals surface area (Å²) in [4.78, 5) is 12.8. The second-order valence-corrected chi connectivity index (χ2v) is 4.72. The van der Waals surface area contributed by atoms with E-state index in [0.717, 1.165) is 24.6 Å². The highest BCUT2D eigenvalue weighted by Crippen LogP contribution is 2.03. The summed E-state index contributed by atoms with van der Waals surface area (Å²) in [6.45, 7) is 8.56. The van der Waals surface area contributed by atoms with Gasteiger partial charge in [0, 0.05) is 18.8 Å². The van der Waals surface area contributed by atoms with E-state index in [1.807, 2.05) is 11.8 Å². The first-order valence-electron chi connectivity index (χ1n) is 5.14. The number of hydrogen-bond donors (Lipinski definition) is 1. The molecule has 1 atom stereocenters. The van der Waals surface area contributed by atoms with Crippen molar-refractivity contribution in [2.75, 3.05) is 31.1 Å². The maximum atomic E-state index is 10.6. The molecule has 0 rings (SSSR count). The predicted molar refractivity (Wildman–Crippen MR) is 61.9 cm³/mol. The first kappa shape index (κ1) is 13.8. The van der Waals surface area contributed by atoms with Crippen LogP contribution in [0.2, 0.25) is 0 Å². The van der Waals surface area contributed by atoms with E-state index in [0.29, 0.717) is 6.54 Å². The minimum absolute atomic E-state index is 0.262. The second-order valence-electron chi connectivity index (χ2n) is 3.33. The average molecular weight is 219 g/mol. The Balaban J connectivity index is 3.72. The van der Waals surface area contributed by atoms with Gasteiger partial charge >= 0.3 is 5.97 Å². The summed E-state index contributed by atoms with van der Waals surface area (Å²) >= 11 is 1.90. The minimum Gasteiger partial charge on any atom is -0.481 e. The standard InChI is InChI=1S/C10H21NO2S/c1-4-11(6-7-14-5-2)8-9(3)10(12)13/h9H,4-8H2,1-3H3,(H,12,13). The number of nitrogens with zero attached hydrogens (tertiary/aromatic N) is 1. The zero-order valence-electron chi connectivity index (χ0n) is 9.32. The van der Waals surface area contributed by atoms with Crippen LogP contribution in [0.3, 0.4) is 0 Å². The molecule has 0 amide bonds. The van der Waals surface area contributed by atoms with Crippen LogP contribution in [0.4, 0.5) is 0 Å². The molecule has 0 heterocycles. The third-order valence-electron chi connectivity index (χ3n) is 2.16. The van der Waals surface area contributed by atoms with Gasteiger partial charge in [0.1, 0.15) is 0 Å². The lowest BCUT2D eigenvalue weighted by Gasteiger charge is -2.21. The van der Waals surface area contributed by atoms with E-state index in [4.69, 9.17) is 5.11 Å². The molecule has 1 N–H and O–H groups in total. The lowest BCUT2D eigenvalue weighted by Crippen LogP contribution is -2.33. The molecule has 0 aliphatic heterocycles. The molecular formula is C10H21NO2S. The minimum atomic E-state index is -0.702. The Hall–Kier alpha value is -0.220. The van der Waals surface area contributed by atoms with Crippen LogP contribution in [0.25, 0.3) is 0 Å². The molecule has 0 aromatic rings. The van der Waals surface area contributed by atoms with Crippen LogP contribution < -0.4 is 0 Å². The Morgan fingerprint density at radius 2 is 2.14 bits per heavy atom. The number of thioether (sulfide) groups is 1. The molecule has 0 bridgehead atoms. The van der Waals surface area contributed by atoms with Gasteiger partial charge in [0.2, 0.25) is 0 Å². The summed E-state index contributed by atoms with van der Waals surface area (Å²) in [5, 5.41) is 8.77. The number of hydrogen-bond acceptors (Lipinski definition) is 3. The van der Waals surface area contributed by atoms with Gasteiger partial charge in [-0.3, -0.25) is 4.79 Å². The lowest BCUT2D eigenvalue weighted by atomic mass is 10.2. The fourth-order valence-corrected chi connectivity index (χ4v) is 1.86. The SMILES string of the molecule is CCSCCN(CC)CC(C)C(=O)O. The molecule has 3 nitrogen and oxygen atoms in total. The van der Waals surface area contributed by atoms with Crippen LogP contribution in [-0.2, 0) is 4.79 Å². The van der Waals surface area contributed by atoms with Crippen molar-refractivity contribution in [3.05, 3.63) is 0 Å². The fraction of sp³-hybridized carbons (Fsp3) is 0.900. The lowest BCUT2D eigenvalue weighted by molar-refractivity contribution is -0.141. The molecule has 0 saturated carbocycles. The van der Waals surface area contributed by atoms with Crippen molar-refractivity contribution >= 4 is 17.7 Å². The molecule has 0 fully saturated rings. The summed E-state index contributed by atoms with van der Waals surface area (Å²) in [5.74, 6) is 1.26. The fourth-order valence-electron chi connectivity index (χ4n) is 1.18. The molecule has 0 spiro atoms. The number of carbonyl (C=O) groups is 1. The Morgan fingerprint density at radius 1 is 1.50 bits per heavy atom. The van der Waals surface area contributed by atoms with Gasteiger partial charge < -0.3 is 10.0 Å². The Bertz CT molecular complexity index is 164. The second kappa shape index (κ2) is 8.12. The van der Waals surface area contributed by atoms with E-state index in [-0.39, 0.29) is 5.92 Å². The molecule has 14 heavy (non-hydrogen) atoms. The summed E-state index contributed by atoms with van der Waals surface area (Å²) in [6, 6.07) is 0. The van der Waals surface area contributed by atoms with E-state index in [9.17, 15) is 4.79 Å². The Kier molecular flexibility index (Phi) is 7.99. The number of aliphatic carboxylic acids is 1. The van der Waals surface area contributed by atoms with E-state index < -0.39 is 5.97 Å². The van der Waals surface area contributed by atoms with Crippen LogP contribution in [0.1, 0.15) is 20.8 Å². The highest BCUT2D eigenvalue weighted by molar-refractivity contribution is 7.99. The van der Waals surface area contributed by atoms with E-state index in [1.165, 1.54) is 0 Å². The molecule has 0 aliphatic carbocycles. The van der Waals surface area contributed by atoms with E-state index in [1.54, 1.807) is 6.92 Å². The first-order chi connectivity index (χ1) is 6.61. The van der Waals surface area contributed by atoms with Crippen LogP contribution in [0, 0.1) is 5.92 Å². The highest BCUT2D eigenvalue weighted by Gasteiger charge is 2.14. The quantitative estimate of drug-likeness (QED) is 0.632. The number of rotatable bonds is 8. The molecule has 0 saturated heterocycles. The van der Waals surface area contributed by atoms with Crippen LogP contribution in [-0.4, -0.2) is 47.1 Å². The topological polar surface area (TPSA) is 40.5 Å². The van der Waals surface area contributed by atoms with Gasteiger partial charge in [0.05, 0.1) is 5.92 Å². The van der Waals surface area contributed by atoms with Gasteiger partial charge in [-0.25, -0.2) is 0 Å². The van der Waals surface area contributed by atoms with Crippen LogP contribution in [0.15, 0.2) is 0 Å². The summed E-state index contributed by atoms with van der Waals surface area (Å²) in [5.41, 5.74) is 0. The Morgan fingerprint density at radius 3 is 2.57 bits per heavy atom. The van der Waals surface area contributed by atoms with Gasteiger partial charge in [0.15, 0.2) is 0 Å². The monoisotopic (exact) mass is 219 g/mol. The largest absolute Gasteiger partial charge is 0.481 e. The van der Waals surface area contributed by atoms with Gasteiger partial charge in [-0.05, 0) is 12.3 Å². The zero-order valence-corrected chi connectivity index (χ0v) is 10.1. The smallest absolute Gasteiger partial charge is 0.307 e. The molecular weight excluding hydrogens is 198 g/mol. The van der Waals surface area contributed by atoms with Crippen molar-refractivity contribution in [1.82, 2.24) is 4.90 Å². The third kappa shape index (κ3) is 6.27. The third-order valence-corrected chi connectivity index (χ3v) is 3.04. The maximum absolute atomic E-state index is 10.6. The molecule has 0 radical (unpaired) electrons. The van der Waals surface area contributed by atoms with Crippen molar-refractivity contribution in [1.29, 1.82) is 0 Å². The molecule has 0 aromatic heterocycles. The first-order valence-corrected chi connectivity index (χ1v) is 6.30. The number of carboxylic acid groups (broad SMARTS) is 1. The van der Waals surface area contributed by atoms with Gasteiger partial charge in [-0.15, -0.1) is 0 Å². The van der Waals surface area contributed by atoms with Gasteiger partial charge in [0.25, 0.3) is 0 Å². The van der Waals surface area contributed by atoms with Crippen molar-refractivity contribution in [2.45, 2.75) is 20.8 Å². The summed E-state index contributed by atoms with van der Waals surface area (Å²) in [6.07, 6.45) is 0. The normalized spacial score (nSPS) is 13.1. The molecule has 4 heteroatoms. The van der Waals surface area contributed by atoms with Crippen molar-refractivity contribution in [3.63, 3.8) is 0 Å². The maximum Gasteiger partial charge on any atom is 0.307 e. The number of carboxylic acids is 1. The molecule has 0 aromatic carbocycles. The molecule has 0 aliphatic rings. The molecule has 84 valence electrons. The highest BCUT2D eigenvalue weighted by atomic mass is 32.2. The summed E-state index contributed by atoms with van der Waals surface area (Å²) in [7, 11) is 0. The van der Waals surface area contributed by atoms with Crippen LogP contribution >= 0.6 is 11.8 Å². The van der Waals surface area contributed by atoms with Gasteiger partial charge in [-0.1, -0.05) is 20.8 Å². The van der Waals surface area contributed by atoms with Crippen molar-refractivity contribution in [2.24, 2.45) is 5.92 Å². The van der Waals surface area contributed by atoms with Crippen molar-refractivity contribution in [3.8, 4) is 0 Å². The molecule has 1 unspecified atom stereocenters. The van der Waals surface area contributed by atoms with Crippen LogP contribution in [0.5, 0.6) is 0 Å². The average Bonchev–Trinajstić information content (AvgIpc) is 2.16. The van der Waals surface area contributed by atoms with Crippen molar-refractivity contribution < 1.29 is 9.90 Å². The van der Waals surface area contributed by atoms with Gasteiger partial charge in [-0.2, -0.15) is 11.8 Å². The van der Waals surface area contributed by atoms with E-state index in [2.05, 4.69) is 18.7 Å². The predicted octanol–water partition coefficient (Wildman–Crippen LogP) is 1.78.